The Morgan fingerprint density at radius 1 is 0.590 bits per heavy atom. The monoisotopic (exact) mass is 844 g/mol. The summed E-state index contributed by atoms with van der Waals surface area (Å²) in [6.45, 7) is 4.21. The molecule has 2 saturated heterocycles. The molecular weight excluding hydrogens is 792 g/mol. The van der Waals surface area contributed by atoms with Gasteiger partial charge in [0.25, 0.3) is 0 Å². The lowest BCUT2D eigenvalue weighted by atomic mass is 9.96. The van der Waals surface area contributed by atoms with E-state index in [1.807, 2.05) is 91.0 Å². The fourth-order valence-corrected chi connectivity index (χ4v) is 6.95. The number of rotatable bonds is 22. The van der Waals surface area contributed by atoms with Crippen molar-refractivity contribution in [2.75, 3.05) is 34.5 Å². The van der Waals surface area contributed by atoms with Gasteiger partial charge in [0, 0.05) is 0 Å². The summed E-state index contributed by atoms with van der Waals surface area (Å²) < 4.78 is 57.0. The summed E-state index contributed by atoms with van der Waals surface area (Å²) >= 11 is 0. The van der Waals surface area contributed by atoms with E-state index in [1.165, 1.54) is 27.4 Å². The van der Waals surface area contributed by atoms with E-state index in [2.05, 4.69) is 6.58 Å². The second kappa shape index (κ2) is 23.9. The number of carbonyl (C=O) groups excluding carboxylic acids is 2. The van der Waals surface area contributed by atoms with Gasteiger partial charge in [-0.05, 0) is 28.8 Å². The van der Waals surface area contributed by atoms with Gasteiger partial charge in [-0.15, -0.1) is 6.58 Å². The first-order chi connectivity index (χ1) is 29.9. The molecule has 0 amide bonds. The Morgan fingerprint density at radius 2 is 1.13 bits per heavy atom. The molecule has 15 heteroatoms. The molecule has 10 atom stereocenters. The van der Waals surface area contributed by atoms with Crippen LogP contribution in [-0.4, -0.2) is 108 Å². The van der Waals surface area contributed by atoms with Crippen LogP contribution >= 0.6 is 0 Å². The second-order valence-corrected chi connectivity index (χ2v) is 13.9. The zero-order valence-corrected chi connectivity index (χ0v) is 34.3. The molecule has 0 aliphatic carbocycles. The topological polar surface area (TPSA) is 154 Å². The molecule has 0 saturated carbocycles. The van der Waals surface area contributed by atoms with Crippen molar-refractivity contribution in [3.63, 3.8) is 0 Å². The van der Waals surface area contributed by atoms with E-state index in [0.717, 1.165) is 16.7 Å². The fourth-order valence-electron chi connectivity index (χ4n) is 6.95. The highest BCUT2D eigenvalue weighted by atomic mass is 17.2. The zero-order valence-electron chi connectivity index (χ0n) is 34.3. The van der Waals surface area contributed by atoms with Gasteiger partial charge in [0.15, 0.2) is 37.0 Å². The summed E-state index contributed by atoms with van der Waals surface area (Å²) in [5.74, 6) is -1.50. The molecule has 6 rings (SSSR count). The molecule has 15 nitrogen and oxygen atoms in total. The van der Waals surface area contributed by atoms with Crippen molar-refractivity contribution >= 4 is 11.9 Å². The highest BCUT2D eigenvalue weighted by Gasteiger charge is 2.57. The average Bonchev–Trinajstić information content (AvgIpc) is 3.30. The third-order valence-corrected chi connectivity index (χ3v) is 9.82. The summed E-state index contributed by atoms with van der Waals surface area (Å²) in [7, 11) is 3.71. The number of benzene rings is 4. The first-order valence-electron chi connectivity index (χ1n) is 19.8. The van der Waals surface area contributed by atoms with Crippen LogP contribution in [0.5, 0.6) is 0 Å². The second-order valence-electron chi connectivity index (χ2n) is 13.9. The molecule has 4 aromatic rings. The van der Waals surface area contributed by atoms with Crippen LogP contribution in [0, 0.1) is 0 Å². The van der Waals surface area contributed by atoms with Crippen molar-refractivity contribution in [3.05, 3.63) is 156 Å². The van der Waals surface area contributed by atoms with Crippen LogP contribution in [0.3, 0.4) is 0 Å². The number of hydrogen-bond acceptors (Lipinski definition) is 15. The minimum absolute atomic E-state index is 0.00581. The van der Waals surface area contributed by atoms with Crippen LogP contribution in [0.4, 0.5) is 0 Å². The van der Waals surface area contributed by atoms with Crippen molar-refractivity contribution in [2.24, 2.45) is 0 Å². The van der Waals surface area contributed by atoms with E-state index in [9.17, 15) is 9.59 Å². The molecule has 0 N–H and O–H groups in total. The van der Waals surface area contributed by atoms with E-state index < -0.39 is 73.4 Å². The van der Waals surface area contributed by atoms with Gasteiger partial charge in [0.05, 0.1) is 59.9 Å². The molecule has 326 valence electrons. The van der Waals surface area contributed by atoms with Crippen LogP contribution in [0.2, 0.25) is 0 Å². The van der Waals surface area contributed by atoms with Crippen LogP contribution in [0.1, 0.15) is 27.0 Å². The van der Waals surface area contributed by atoms with E-state index in [0.29, 0.717) is 0 Å². The SMILES string of the molecule is C=CCO[C@@H]1O[C@H](C(=O)OC)[C@@H](OOC)[C@H](OOC)[C@H]1O[C@@H]1O[C@H](COCc2ccccc2)[C@H](OCc2ccccc2)[C@H](OCc2ccccc2)[C@H]1OC(=O)c1ccccc1. The lowest BCUT2D eigenvalue weighted by Gasteiger charge is -2.48. The minimum Gasteiger partial charge on any atom is -0.467 e. The summed E-state index contributed by atoms with van der Waals surface area (Å²) in [4.78, 5) is 48.6. The van der Waals surface area contributed by atoms with Crippen molar-refractivity contribution in [1.82, 2.24) is 0 Å². The third-order valence-electron chi connectivity index (χ3n) is 9.82. The fraction of sp³-hybridized carbons (Fsp3) is 0.391. The molecule has 2 fully saturated rings. The van der Waals surface area contributed by atoms with E-state index >= 15 is 0 Å². The maximum absolute atomic E-state index is 14.1. The highest BCUT2D eigenvalue weighted by molar-refractivity contribution is 5.89. The Hall–Kier alpha value is -4.88. The molecular formula is C46H52O15. The smallest absolute Gasteiger partial charge is 0.338 e. The highest BCUT2D eigenvalue weighted by Crippen LogP contribution is 2.36. The Kier molecular flexibility index (Phi) is 17.9. The molecule has 0 aromatic heterocycles. The summed E-state index contributed by atoms with van der Waals surface area (Å²) in [5, 5.41) is 0. The van der Waals surface area contributed by atoms with Gasteiger partial charge in [-0.2, -0.15) is 0 Å². The van der Waals surface area contributed by atoms with Gasteiger partial charge in [0.1, 0.15) is 24.4 Å². The number of esters is 2. The van der Waals surface area contributed by atoms with Gasteiger partial charge < -0.3 is 42.6 Å². The summed E-state index contributed by atoms with van der Waals surface area (Å²) in [5.41, 5.74) is 2.93. The van der Waals surface area contributed by atoms with Gasteiger partial charge >= 0.3 is 11.9 Å². The van der Waals surface area contributed by atoms with E-state index in [-0.39, 0.29) is 38.6 Å². The molecule has 2 aliphatic heterocycles. The minimum atomic E-state index is -1.46. The standard InChI is InChI=1S/C46H52O15/c1-5-26-53-45-42(39(61-51-4)38(60-50-3)40(58-45)44(48)49-2)59-46-41(57-43(47)34-24-16-9-17-25-34)37(55-29-33-22-14-8-15-23-33)36(54-28-32-20-12-7-13-21-32)35(56-46)30-52-27-31-18-10-6-11-19-31/h5-25,35-42,45-46H,1,26-30H2,2-4H3/t35-,36+,37+,38+,39+,40+,41-,42-,45-,46+/m1/s1. The van der Waals surface area contributed by atoms with Gasteiger partial charge in [-0.3, -0.25) is 0 Å². The number of hydrogen-bond donors (Lipinski definition) is 0. The number of methoxy groups -OCH3 is 1. The predicted molar refractivity (Wildman–Crippen MR) is 216 cm³/mol. The predicted octanol–water partition coefficient (Wildman–Crippen LogP) is 5.70. The molecule has 4 aromatic carbocycles. The maximum Gasteiger partial charge on any atom is 0.338 e. The van der Waals surface area contributed by atoms with Gasteiger partial charge in [-0.25, -0.2) is 29.1 Å². The number of ether oxygens (including phenoxy) is 9. The first-order valence-corrected chi connectivity index (χ1v) is 19.8. The molecule has 61 heavy (non-hydrogen) atoms. The first kappa shape index (κ1) is 45.6. The third kappa shape index (κ3) is 12.6. The summed E-state index contributed by atoms with van der Waals surface area (Å²) in [6, 6.07) is 37.3. The van der Waals surface area contributed by atoms with Crippen LogP contribution in [0.15, 0.2) is 134 Å². The quantitative estimate of drug-likeness (QED) is 0.0411. The normalized spacial score (nSPS) is 26.3. The van der Waals surface area contributed by atoms with E-state index in [4.69, 9.17) is 62.2 Å². The van der Waals surface area contributed by atoms with Gasteiger partial charge in [0.2, 0.25) is 0 Å². The van der Waals surface area contributed by atoms with Crippen molar-refractivity contribution in [1.29, 1.82) is 0 Å². The Bertz CT molecular complexity index is 1890. The van der Waals surface area contributed by atoms with Crippen LogP contribution in [0.25, 0.3) is 0 Å². The van der Waals surface area contributed by atoms with Crippen LogP contribution in [-0.2, 0) is 86.8 Å². The van der Waals surface area contributed by atoms with Gasteiger partial charge in [-0.1, -0.05) is 115 Å². The molecule has 0 radical (unpaired) electrons. The molecule has 2 aliphatic rings. The van der Waals surface area contributed by atoms with Crippen molar-refractivity contribution in [3.8, 4) is 0 Å². The molecule has 2 heterocycles. The Labute approximate surface area is 355 Å². The lowest BCUT2D eigenvalue weighted by Crippen LogP contribution is -2.67. The van der Waals surface area contributed by atoms with Crippen LogP contribution < -0.4 is 0 Å². The van der Waals surface area contributed by atoms with Crippen molar-refractivity contribution < 1.29 is 71.8 Å². The van der Waals surface area contributed by atoms with E-state index in [1.54, 1.807) is 30.3 Å². The maximum atomic E-state index is 14.1. The number of carbonyl (C=O) groups is 2. The average molecular weight is 845 g/mol. The molecule has 0 spiro atoms. The summed E-state index contributed by atoms with van der Waals surface area (Å²) in [6.07, 6.45) is -10.9. The largest absolute Gasteiger partial charge is 0.467 e. The molecule has 0 bridgehead atoms. The molecule has 0 unspecified atom stereocenters. The Balaban J connectivity index is 1.43. The Morgan fingerprint density at radius 3 is 1.69 bits per heavy atom. The lowest BCUT2D eigenvalue weighted by molar-refractivity contribution is -0.444. The van der Waals surface area contributed by atoms with Crippen molar-refractivity contribution in [2.45, 2.75) is 81.2 Å². The zero-order chi connectivity index (χ0) is 42.8.